The van der Waals surface area contributed by atoms with E-state index in [0.717, 1.165) is 5.70 Å². The van der Waals surface area contributed by atoms with Crippen LogP contribution in [0.3, 0.4) is 0 Å². The first-order valence-electron chi connectivity index (χ1n) is 9.13. The molecule has 1 aromatic carbocycles. The van der Waals surface area contributed by atoms with E-state index in [0.29, 0.717) is 30.2 Å². The predicted octanol–water partition coefficient (Wildman–Crippen LogP) is 3.25. The van der Waals surface area contributed by atoms with Crippen molar-refractivity contribution in [1.29, 1.82) is 0 Å². The molecule has 1 atom stereocenters. The third-order valence-electron chi connectivity index (χ3n) is 4.11. The number of hydrogen-bond donors (Lipinski definition) is 2. The molecule has 0 spiro atoms. The Bertz CT molecular complexity index is 782. The molecule has 1 unspecified atom stereocenters. The van der Waals surface area contributed by atoms with Gasteiger partial charge in [-0.05, 0) is 45.9 Å². The molecule has 7 heteroatoms. The molecule has 28 heavy (non-hydrogen) atoms. The fourth-order valence-electron chi connectivity index (χ4n) is 2.74. The van der Waals surface area contributed by atoms with Gasteiger partial charge in [-0.15, -0.1) is 0 Å². The molecule has 1 aliphatic heterocycles. The normalized spacial score (nSPS) is 17.2. The van der Waals surface area contributed by atoms with Crippen molar-refractivity contribution in [2.45, 2.75) is 51.4 Å². The number of ether oxygens (including phenoxy) is 2. The minimum atomic E-state index is -0.705. The lowest BCUT2D eigenvalue weighted by atomic mass is 10.1. The van der Waals surface area contributed by atoms with E-state index in [1.165, 1.54) is 6.08 Å². The molecular formula is C21H27ClN2O4. The fourth-order valence-corrected chi connectivity index (χ4v) is 2.93. The molecule has 1 amide bonds. The van der Waals surface area contributed by atoms with Gasteiger partial charge in [-0.2, -0.15) is 0 Å². The number of nitrogens with one attached hydrogen (secondary N) is 2. The van der Waals surface area contributed by atoms with Crippen molar-refractivity contribution in [2.24, 2.45) is 0 Å². The number of benzene rings is 1. The van der Waals surface area contributed by atoms with E-state index in [9.17, 15) is 9.59 Å². The van der Waals surface area contributed by atoms with Crippen molar-refractivity contribution in [2.75, 3.05) is 13.2 Å². The molecule has 0 aliphatic carbocycles. The summed E-state index contributed by atoms with van der Waals surface area (Å²) in [5.74, 6) is 1.54. The van der Waals surface area contributed by atoms with E-state index in [1.54, 1.807) is 50.3 Å². The molecule has 0 aromatic heterocycles. The van der Waals surface area contributed by atoms with Gasteiger partial charge in [0.1, 0.15) is 5.94 Å². The summed E-state index contributed by atoms with van der Waals surface area (Å²) in [5, 5.41) is 6.55. The molecule has 1 heterocycles. The van der Waals surface area contributed by atoms with Crippen LogP contribution in [-0.4, -0.2) is 42.3 Å². The summed E-state index contributed by atoms with van der Waals surface area (Å²) in [6.45, 7) is 8.37. The van der Waals surface area contributed by atoms with Crippen LogP contribution in [0.15, 0.2) is 42.2 Å². The first-order chi connectivity index (χ1) is 13.1. The molecule has 0 saturated heterocycles. The monoisotopic (exact) mass is 406 g/mol. The third-order valence-corrected chi connectivity index (χ3v) is 4.35. The Morgan fingerprint density at radius 2 is 2.14 bits per heavy atom. The fraction of sp³-hybridized carbons (Fsp3) is 0.476. The largest absolute Gasteiger partial charge is 0.387 e. The van der Waals surface area contributed by atoms with Crippen LogP contribution in [0.2, 0.25) is 5.02 Å². The summed E-state index contributed by atoms with van der Waals surface area (Å²) in [6, 6.07) is 6.79. The summed E-state index contributed by atoms with van der Waals surface area (Å²) >= 11 is 5.95. The van der Waals surface area contributed by atoms with Crippen molar-refractivity contribution in [3.8, 4) is 0 Å². The highest BCUT2D eigenvalue weighted by molar-refractivity contribution is 6.30. The van der Waals surface area contributed by atoms with E-state index in [4.69, 9.17) is 21.1 Å². The van der Waals surface area contributed by atoms with Crippen molar-refractivity contribution in [1.82, 2.24) is 10.6 Å². The Morgan fingerprint density at radius 1 is 1.39 bits per heavy atom. The lowest BCUT2D eigenvalue weighted by molar-refractivity contribution is -0.133. The van der Waals surface area contributed by atoms with Gasteiger partial charge < -0.3 is 20.1 Å². The number of amides is 1. The molecule has 2 rings (SSSR count). The van der Waals surface area contributed by atoms with Crippen LogP contribution in [-0.2, 0) is 14.3 Å². The highest BCUT2D eigenvalue weighted by Crippen LogP contribution is 2.22. The Labute approximate surface area is 170 Å². The Morgan fingerprint density at radius 3 is 2.82 bits per heavy atom. The van der Waals surface area contributed by atoms with Crippen molar-refractivity contribution in [3.63, 3.8) is 0 Å². The van der Waals surface area contributed by atoms with Gasteiger partial charge in [0.25, 0.3) is 5.91 Å². The number of rotatable bonds is 8. The van der Waals surface area contributed by atoms with Crippen LogP contribution < -0.4 is 10.6 Å². The van der Waals surface area contributed by atoms with Gasteiger partial charge in [-0.25, -0.2) is 4.79 Å². The van der Waals surface area contributed by atoms with Crippen molar-refractivity contribution in [3.05, 3.63) is 52.8 Å². The smallest absolute Gasteiger partial charge is 0.255 e. The van der Waals surface area contributed by atoms with Gasteiger partial charge in [0.05, 0.1) is 23.9 Å². The number of carbonyl (C=O) groups excluding carboxylic acids is 2. The van der Waals surface area contributed by atoms with Gasteiger partial charge in [0.2, 0.25) is 0 Å². The number of hydrogen-bond acceptors (Lipinski definition) is 5. The van der Waals surface area contributed by atoms with E-state index in [-0.39, 0.29) is 12.0 Å². The molecule has 0 bridgehead atoms. The molecule has 1 aromatic rings. The molecule has 6 nitrogen and oxygen atoms in total. The van der Waals surface area contributed by atoms with Crippen LogP contribution in [0.4, 0.5) is 0 Å². The first-order valence-corrected chi connectivity index (χ1v) is 9.51. The summed E-state index contributed by atoms with van der Waals surface area (Å²) in [7, 11) is 0. The topological polar surface area (TPSA) is 76.7 Å². The maximum absolute atomic E-state index is 12.4. The van der Waals surface area contributed by atoms with E-state index < -0.39 is 11.2 Å². The van der Waals surface area contributed by atoms with Crippen LogP contribution in [0.5, 0.6) is 0 Å². The van der Waals surface area contributed by atoms with Gasteiger partial charge in [-0.1, -0.05) is 17.7 Å². The Balaban J connectivity index is 1.90. The molecule has 2 N–H and O–H groups in total. The Kier molecular flexibility index (Phi) is 7.44. The highest BCUT2D eigenvalue weighted by Gasteiger charge is 2.29. The van der Waals surface area contributed by atoms with Crippen LogP contribution in [0, 0.1) is 0 Å². The van der Waals surface area contributed by atoms with E-state index >= 15 is 0 Å². The molecule has 152 valence electrons. The van der Waals surface area contributed by atoms with Gasteiger partial charge in [0, 0.05) is 41.5 Å². The minimum absolute atomic E-state index is 0.136. The average molecular weight is 407 g/mol. The first kappa shape index (κ1) is 22.2. The van der Waals surface area contributed by atoms with Crippen LogP contribution in [0.25, 0.3) is 0 Å². The maximum Gasteiger partial charge on any atom is 0.255 e. The SMILES string of the molecule is CC(C)(C=C=O)OCC(C)(C)OC1CNC=C(NC(=O)c2cccc(Cl)c2)C1. The second-order valence-corrected chi connectivity index (χ2v) is 8.34. The highest BCUT2D eigenvalue weighted by atomic mass is 35.5. The van der Waals surface area contributed by atoms with Crippen molar-refractivity contribution < 1.29 is 19.1 Å². The molecular weight excluding hydrogens is 380 g/mol. The molecule has 0 radical (unpaired) electrons. The van der Waals surface area contributed by atoms with Crippen LogP contribution >= 0.6 is 11.6 Å². The zero-order valence-corrected chi connectivity index (χ0v) is 17.4. The second kappa shape index (κ2) is 9.39. The summed E-state index contributed by atoms with van der Waals surface area (Å²) in [5.41, 5.74) is -0.0408. The zero-order valence-electron chi connectivity index (χ0n) is 16.7. The van der Waals surface area contributed by atoms with Crippen LogP contribution in [0.1, 0.15) is 44.5 Å². The molecule has 0 saturated carbocycles. The van der Waals surface area contributed by atoms with E-state index in [1.807, 2.05) is 13.8 Å². The number of halogens is 1. The van der Waals surface area contributed by atoms with Crippen molar-refractivity contribution >= 4 is 23.4 Å². The lowest BCUT2D eigenvalue weighted by Crippen LogP contribution is -2.44. The standard InChI is InChI=1S/C21H27ClN2O4/c1-20(2,8-9-25)27-14-21(3,4)28-18-11-17(12-23-13-18)24-19(26)15-6-5-7-16(22)10-15/h5-8,10,12,18,23H,11,13-14H2,1-4H3,(H,24,26). The van der Waals surface area contributed by atoms with Gasteiger partial charge in [0.15, 0.2) is 0 Å². The predicted molar refractivity (Wildman–Crippen MR) is 109 cm³/mol. The zero-order chi connectivity index (χ0) is 20.8. The lowest BCUT2D eigenvalue weighted by Gasteiger charge is -2.35. The Hall–Kier alpha value is -2.11. The quantitative estimate of drug-likeness (QED) is 0.648. The molecule has 0 fully saturated rings. The second-order valence-electron chi connectivity index (χ2n) is 7.90. The average Bonchev–Trinajstić information content (AvgIpc) is 2.60. The van der Waals surface area contributed by atoms with Gasteiger partial charge >= 0.3 is 0 Å². The summed E-state index contributed by atoms with van der Waals surface area (Å²) < 4.78 is 12.0. The maximum atomic E-state index is 12.4. The van der Waals surface area contributed by atoms with Gasteiger partial charge in [-0.3, -0.25) is 4.79 Å². The minimum Gasteiger partial charge on any atom is -0.387 e. The third kappa shape index (κ3) is 7.13. The molecule has 1 aliphatic rings. The van der Waals surface area contributed by atoms with E-state index in [2.05, 4.69) is 10.6 Å². The summed E-state index contributed by atoms with van der Waals surface area (Å²) in [4.78, 5) is 23.0. The summed E-state index contributed by atoms with van der Waals surface area (Å²) in [6.07, 6.45) is 3.55. The number of carbonyl (C=O) groups is 1.